The molecule has 2 rings (SSSR count). The Morgan fingerprint density at radius 1 is 1.07 bits per heavy atom. The fourth-order valence-electron chi connectivity index (χ4n) is 2.82. The van der Waals surface area contributed by atoms with E-state index in [9.17, 15) is 14.7 Å². The number of nitrogens with zero attached hydrogens (tertiary/aromatic N) is 1. The normalized spacial score (nSPS) is 10.7. The number of benzene rings is 2. The molecule has 0 aromatic heterocycles. The summed E-state index contributed by atoms with van der Waals surface area (Å²) in [5, 5.41) is 16.3. The van der Waals surface area contributed by atoms with Crippen LogP contribution in [0.3, 0.4) is 0 Å². The Kier molecular flexibility index (Phi) is 9.37. The van der Waals surface area contributed by atoms with Crippen molar-refractivity contribution in [1.29, 1.82) is 0 Å². The summed E-state index contributed by atoms with van der Waals surface area (Å²) in [7, 11) is 1.46. The molecule has 0 fully saturated rings. The molecule has 7 nitrogen and oxygen atoms in total. The highest BCUT2D eigenvalue weighted by atomic mass is 16.5. The number of carbonyl (C=O) groups is 2. The lowest BCUT2D eigenvalue weighted by molar-refractivity contribution is -0.116. The molecule has 0 atom stereocenters. The van der Waals surface area contributed by atoms with Crippen LogP contribution in [0.1, 0.15) is 61.4 Å². The number of amides is 2. The Morgan fingerprint density at radius 3 is 2.50 bits per heavy atom. The molecule has 0 aliphatic rings. The van der Waals surface area contributed by atoms with E-state index in [2.05, 4.69) is 22.8 Å². The van der Waals surface area contributed by atoms with Gasteiger partial charge in [-0.2, -0.15) is 5.10 Å². The predicted molar refractivity (Wildman–Crippen MR) is 118 cm³/mol. The maximum atomic E-state index is 12.2. The van der Waals surface area contributed by atoms with Gasteiger partial charge in [0.05, 0.1) is 13.3 Å². The third-order valence-corrected chi connectivity index (χ3v) is 4.52. The zero-order valence-electron chi connectivity index (χ0n) is 17.5. The third-order valence-electron chi connectivity index (χ3n) is 4.52. The summed E-state index contributed by atoms with van der Waals surface area (Å²) < 4.78 is 5.03. The van der Waals surface area contributed by atoms with Crippen LogP contribution in [-0.2, 0) is 4.79 Å². The minimum absolute atomic E-state index is 0.0161. The largest absolute Gasteiger partial charge is 0.504 e. The van der Waals surface area contributed by atoms with E-state index in [0.29, 0.717) is 29.0 Å². The average molecular weight is 412 g/mol. The highest BCUT2D eigenvalue weighted by Crippen LogP contribution is 2.25. The molecule has 0 aliphatic carbocycles. The van der Waals surface area contributed by atoms with Crippen molar-refractivity contribution in [3.05, 3.63) is 53.6 Å². The van der Waals surface area contributed by atoms with Crippen molar-refractivity contribution in [2.75, 3.05) is 12.4 Å². The van der Waals surface area contributed by atoms with E-state index in [1.165, 1.54) is 32.2 Å². The van der Waals surface area contributed by atoms with Crippen molar-refractivity contribution in [2.45, 2.75) is 45.4 Å². The van der Waals surface area contributed by atoms with Gasteiger partial charge in [-0.3, -0.25) is 9.59 Å². The molecule has 0 radical (unpaired) electrons. The number of hydrazone groups is 1. The smallest absolute Gasteiger partial charge is 0.271 e. The van der Waals surface area contributed by atoms with Crippen LogP contribution in [0.2, 0.25) is 0 Å². The zero-order chi connectivity index (χ0) is 21.8. The Bertz CT molecular complexity index is 863. The van der Waals surface area contributed by atoms with Crippen molar-refractivity contribution in [3.63, 3.8) is 0 Å². The van der Waals surface area contributed by atoms with Gasteiger partial charge in [0.15, 0.2) is 11.5 Å². The second-order valence-corrected chi connectivity index (χ2v) is 6.92. The number of hydrogen-bond donors (Lipinski definition) is 3. The number of methoxy groups -OCH3 is 1. The van der Waals surface area contributed by atoms with E-state index < -0.39 is 0 Å². The molecule has 0 aliphatic heterocycles. The fourth-order valence-corrected chi connectivity index (χ4v) is 2.82. The van der Waals surface area contributed by atoms with Crippen molar-refractivity contribution in [1.82, 2.24) is 5.43 Å². The summed E-state index contributed by atoms with van der Waals surface area (Å²) in [5.41, 5.74) is 4.19. The van der Waals surface area contributed by atoms with E-state index in [0.717, 1.165) is 19.3 Å². The van der Waals surface area contributed by atoms with Crippen molar-refractivity contribution in [3.8, 4) is 11.5 Å². The first-order valence-electron chi connectivity index (χ1n) is 10.1. The molecule has 7 heteroatoms. The molecule has 3 N–H and O–H groups in total. The fraction of sp³-hybridized carbons (Fsp3) is 0.348. The van der Waals surface area contributed by atoms with E-state index in [1.807, 2.05) is 0 Å². The van der Waals surface area contributed by atoms with Crippen LogP contribution < -0.4 is 15.5 Å². The molecule has 0 heterocycles. The molecule has 0 saturated carbocycles. The number of aromatic hydroxyl groups is 1. The molecule has 0 saturated heterocycles. The van der Waals surface area contributed by atoms with Gasteiger partial charge in [0.1, 0.15) is 0 Å². The van der Waals surface area contributed by atoms with Gasteiger partial charge < -0.3 is 15.2 Å². The van der Waals surface area contributed by atoms with Crippen molar-refractivity contribution < 1.29 is 19.4 Å². The van der Waals surface area contributed by atoms with Gasteiger partial charge >= 0.3 is 0 Å². The zero-order valence-corrected chi connectivity index (χ0v) is 17.5. The molecular weight excluding hydrogens is 382 g/mol. The number of unbranched alkanes of at least 4 members (excludes halogenated alkanes) is 4. The number of phenols is 1. The van der Waals surface area contributed by atoms with Crippen LogP contribution in [0, 0.1) is 0 Å². The molecule has 0 spiro atoms. The van der Waals surface area contributed by atoms with Crippen LogP contribution in [0.5, 0.6) is 11.5 Å². The number of rotatable bonds is 11. The highest BCUT2D eigenvalue weighted by molar-refractivity contribution is 5.96. The van der Waals surface area contributed by atoms with Gasteiger partial charge in [0.25, 0.3) is 5.91 Å². The van der Waals surface area contributed by atoms with Gasteiger partial charge in [-0.1, -0.05) is 32.6 Å². The Hall–Kier alpha value is -3.35. The minimum atomic E-state index is -0.370. The summed E-state index contributed by atoms with van der Waals surface area (Å²) in [4.78, 5) is 24.2. The second-order valence-electron chi connectivity index (χ2n) is 6.92. The van der Waals surface area contributed by atoms with Gasteiger partial charge in [-0.15, -0.1) is 0 Å². The molecule has 2 aromatic carbocycles. The van der Waals surface area contributed by atoms with Gasteiger partial charge in [-0.05, 0) is 54.4 Å². The van der Waals surface area contributed by atoms with Gasteiger partial charge in [0.2, 0.25) is 5.91 Å². The van der Waals surface area contributed by atoms with Crippen LogP contribution in [0.4, 0.5) is 5.69 Å². The topological polar surface area (TPSA) is 100 Å². The number of ether oxygens (including phenoxy) is 1. The lowest BCUT2D eigenvalue weighted by atomic mass is 10.1. The van der Waals surface area contributed by atoms with Gasteiger partial charge in [-0.25, -0.2) is 5.43 Å². The molecule has 0 bridgehead atoms. The lowest BCUT2D eigenvalue weighted by Gasteiger charge is -2.06. The van der Waals surface area contributed by atoms with Crippen molar-refractivity contribution >= 4 is 23.7 Å². The van der Waals surface area contributed by atoms with E-state index in [1.54, 1.807) is 36.4 Å². The Balaban J connectivity index is 1.81. The SMILES string of the molecule is CCCCCCCC(=O)Nc1ccc(C(=O)N/N=C/c2ccc(O)c(OC)c2)cc1. The molecular formula is C23H29N3O4. The van der Waals surface area contributed by atoms with Gasteiger partial charge in [0, 0.05) is 17.7 Å². The standard InChI is InChI=1S/C23H29N3O4/c1-3-4-5-6-7-8-22(28)25-19-12-10-18(11-13-19)23(29)26-24-16-17-9-14-20(27)21(15-17)30-2/h9-16,27H,3-8H2,1-2H3,(H,25,28)(H,26,29)/b24-16+. The second kappa shape index (κ2) is 12.3. The third kappa shape index (κ3) is 7.58. The molecule has 0 unspecified atom stereocenters. The highest BCUT2D eigenvalue weighted by Gasteiger charge is 2.06. The molecule has 2 aromatic rings. The summed E-state index contributed by atoms with van der Waals surface area (Å²) in [5.74, 6) is -0.0327. The van der Waals surface area contributed by atoms with Crippen molar-refractivity contribution in [2.24, 2.45) is 5.10 Å². The van der Waals surface area contributed by atoms with E-state index >= 15 is 0 Å². The number of phenolic OH excluding ortho intramolecular Hbond substituents is 1. The predicted octanol–water partition coefficient (Wildman–Crippen LogP) is 4.46. The average Bonchev–Trinajstić information content (AvgIpc) is 2.75. The van der Waals surface area contributed by atoms with Crippen LogP contribution in [0.15, 0.2) is 47.6 Å². The number of hydrogen-bond acceptors (Lipinski definition) is 5. The minimum Gasteiger partial charge on any atom is -0.504 e. The maximum Gasteiger partial charge on any atom is 0.271 e. The summed E-state index contributed by atoms with van der Waals surface area (Å²) in [6, 6.07) is 11.4. The molecule has 160 valence electrons. The maximum absolute atomic E-state index is 12.2. The Labute approximate surface area is 177 Å². The lowest BCUT2D eigenvalue weighted by Crippen LogP contribution is -2.17. The number of carbonyl (C=O) groups excluding carboxylic acids is 2. The van der Waals surface area contributed by atoms with E-state index in [4.69, 9.17) is 4.74 Å². The summed E-state index contributed by atoms with van der Waals surface area (Å²) in [6.45, 7) is 2.16. The Morgan fingerprint density at radius 2 is 1.80 bits per heavy atom. The summed E-state index contributed by atoms with van der Waals surface area (Å²) in [6.07, 6.45) is 7.46. The van der Waals surface area contributed by atoms with Crippen LogP contribution >= 0.6 is 0 Å². The monoisotopic (exact) mass is 411 g/mol. The van der Waals surface area contributed by atoms with E-state index in [-0.39, 0.29) is 17.6 Å². The van der Waals surface area contributed by atoms with Crippen LogP contribution in [0.25, 0.3) is 0 Å². The summed E-state index contributed by atoms with van der Waals surface area (Å²) >= 11 is 0. The quantitative estimate of drug-likeness (QED) is 0.289. The number of nitrogens with one attached hydrogen (secondary N) is 2. The van der Waals surface area contributed by atoms with Crippen LogP contribution in [-0.4, -0.2) is 30.2 Å². The first kappa shape index (κ1) is 22.9. The molecule has 2 amide bonds. The molecule has 30 heavy (non-hydrogen) atoms. The first-order valence-corrected chi connectivity index (χ1v) is 10.1. The first-order chi connectivity index (χ1) is 14.5. The number of anilines is 1.